The standard InChI is InChI=1S/C10H19N/c1-5-6-7-8-9-11-10(2,3)4/h5-7,11H,1,8-9H2,2-4H3/b7-6+. The molecule has 0 unspecified atom stereocenters. The normalized spacial score (nSPS) is 12.3. The van der Waals surface area contributed by atoms with Crippen molar-refractivity contribution >= 4 is 0 Å². The fourth-order valence-corrected chi connectivity index (χ4v) is 0.723. The van der Waals surface area contributed by atoms with Crippen LogP contribution in [0.1, 0.15) is 27.2 Å². The van der Waals surface area contributed by atoms with Crippen molar-refractivity contribution in [1.29, 1.82) is 0 Å². The van der Waals surface area contributed by atoms with Crippen molar-refractivity contribution in [3.05, 3.63) is 24.8 Å². The Kier molecular flexibility index (Phi) is 4.88. The highest BCUT2D eigenvalue weighted by Crippen LogP contribution is 1.97. The second-order valence-electron chi connectivity index (χ2n) is 3.63. The first-order valence-corrected chi connectivity index (χ1v) is 4.09. The summed E-state index contributed by atoms with van der Waals surface area (Å²) in [5, 5.41) is 3.40. The molecule has 0 radical (unpaired) electrons. The Morgan fingerprint density at radius 2 is 2.00 bits per heavy atom. The van der Waals surface area contributed by atoms with Crippen molar-refractivity contribution in [3.63, 3.8) is 0 Å². The van der Waals surface area contributed by atoms with Gasteiger partial charge < -0.3 is 5.32 Å². The summed E-state index contributed by atoms with van der Waals surface area (Å²) in [5.74, 6) is 0. The van der Waals surface area contributed by atoms with Gasteiger partial charge in [-0.15, -0.1) is 0 Å². The van der Waals surface area contributed by atoms with Gasteiger partial charge in [0.15, 0.2) is 0 Å². The molecule has 0 saturated heterocycles. The summed E-state index contributed by atoms with van der Waals surface area (Å²) in [6, 6.07) is 0. The van der Waals surface area contributed by atoms with E-state index in [-0.39, 0.29) is 5.54 Å². The number of hydrogen-bond donors (Lipinski definition) is 1. The van der Waals surface area contributed by atoms with Crippen LogP contribution in [-0.2, 0) is 0 Å². The lowest BCUT2D eigenvalue weighted by atomic mass is 10.1. The van der Waals surface area contributed by atoms with Gasteiger partial charge in [0.05, 0.1) is 0 Å². The van der Waals surface area contributed by atoms with Crippen LogP contribution in [0.2, 0.25) is 0 Å². The number of allylic oxidation sites excluding steroid dienone is 2. The molecule has 0 amide bonds. The van der Waals surface area contributed by atoms with E-state index in [9.17, 15) is 0 Å². The van der Waals surface area contributed by atoms with Crippen LogP contribution in [0.15, 0.2) is 24.8 Å². The average molecular weight is 153 g/mol. The van der Waals surface area contributed by atoms with Crippen LogP contribution in [0.4, 0.5) is 0 Å². The first kappa shape index (κ1) is 10.4. The van der Waals surface area contributed by atoms with Crippen LogP contribution < -0.4 is 5.32 Å². The Bertz CT molecular complexity index is 128. The predicted octanol–water partition coefficient (Wildman–Crippen LogP) is 2.51. The van der Waals surface area contributed by atoms with Gasteiger partial charge in [-0.1, -0.05) is 24.8 Å². The van der Waals surface area contributed by atoms with Gasteiger partial charge >= 0.3 is 0 Å². The third-order valence-electron chi connectivity index (χ3n) is 1.24. The number of hydrogen-bond acceptors (Lipinski definition) is 1. The zero-order valence-electron chi connectivity index (χ0n) is 7.85. The molecule has 0 atom stereocenters. The van der Waals surface area contributed by atoms with Gasteiger partial charge in [0, 0.05) is 5.54 Å². The molecule has 0 bridgehead atoms. The van der Waals surface area contributed by atoms with E-state index in [1.54, 1.807) is 6.08 Å². The molecule has 1 N–H and O–H groups in total. The first-order chi connectivity index (χ1) is 5.06. The Labute approximate surface area is 70.2 Å². The van der Waals surface area contributed by atoms with Gasteiger partial charge in [0.2, 0.25) is 0 Å². The van der Waals surface area contributed by atoms with Crippen molar-refractivity contribution in [1.82, 2.24) is 5.32 Å². The molecule has 0 aliphatic rings. The van der Waals surface area contributed by atoms with Gasteiger partial charge in [-0.05, 0) is 33.7 Å². The Balaban J connectivity index is 3.28. The molecule has 11 heavy (non-hydrogen) atoms. The van der Waals surface area contributed by atoms with Crippen LogP contribution in [0.5, 0.6) is 0 Å². The number of nitrogens with one attached hydrogen (secondary N) is 1. The topological polar surface area (TPSA) is 12.0 Å². The molecular formula is C10H19N. The smallest absolute Gasteiger partial charge is 0.00966 e. The molecule has 0 aliphatic carbocycles. The van der Waals surface area contributed by atoms with E-state index in [2.05, 4.69) is 38.7 Å². The molecule has 0 saturated carbocycles. The SMILES string of the molecule is C=C/C=C/CCNC(C)(C)C. The van der Waals surface area contributed by atoms with E-state index in [4.69, 9.17) is 0 Å². The number of rotatable bonds is 4. The molecule has 0 fully saturated rings. The minimum absolute atomic E-state index is 0.238. The molecule has 0 aromatic rings. The lowest BCUT2D eigenvalue weighted by Crippen LogP contribution is -2.36. The van der Waals surface area contributed by atoms with E-state index in [1.807, 2.05) is 6.08 Å². The fraction of sp³-hybridized carbons (Fsp3) is 0.600. The lowest BCUT2D eigenvalue weighted by Gasteiger charge is -2.19. The van der Waals surface area contributed by atoms with Crippen LogP contribution in [0.3, 0.4) is 0 Å². The minimum atomic E-state index is 0.238. The first-order valence-electron chi connectivity index (χ1n) is 4.09. The molecule has 1 nitrogen and oxygen atoms in total. The third kappa shape index (κ3) is 9.44. The van der Waals surface area contributed by atoms with E-state index in [1.165, 1.54) is 0 Å². The van der Waals surface area contributed by atoms with Crippen LogP contribution in [-0.4, -0.2) is 12.1 Å². The maximum Gasteiger partial charge on any atom is 0.00966 e. The maximum atomic E-state index is 3.60. The minimum Gasteiger partial charge on any atom is -0.312 e. The van der Waals surface area contributed by atoms with E-state index < -0.39 is 0 Å². The second kappa shape index (κ2) is 5.14. The Morgan fingerprint density at radius 1 is 1.36 bits per heavy atom. The molecular weight excluding hydrogens is 134 g/mol. The van der Waals surface area contributed by atoms with Crippen molar-refractivity contribution in [2.75, 3.05) is 6.54 Å². The molecule has 0 rings (SSSR count). The van der Waals surface area contributed by atoms with Crippen molar-refractivity contribution < 1.29 is 0 Å². The van der Waals surface area contributed by atoms with Crippen LogP contribution in [0.25, 0.3) is 0 Å². The molecule has 0 heterocycles. The van der Waals surface area contributed by atoms with E-state index in [0.29, 0.717) is 0 Å². The summed E-state index contributed by atoms with van der Waals surface area (Å²) in [5.41, 5.74) is 0.238. The highest BCUT2D eigenvalue weighted by molar-refractivity contribution is 4.97. The van der Waals surface area contributed by atoms with Gasteiger partial charge in [-0.2, -0.15) is 0 Å². The third-order valence-corrected chi connectivity index (χ3v) is 1.24. The predicted molar refractivity (Wildman–Crippen MR) is 51.7 cm³/mol. The Morgan fingerprint density at radius 3 is 2.45 bits per heavy atom. The zero-order chi connectivity index (χ0) is 8.74. The summed E-state index contributed by atoms with van der Waals surface area (Å²) in [4.78, 5) is 0. The summed E-state index contributed by atoms with van der Waals surface area (Å²) in [6.07, 6.45) is 6.97. The molecule has 64 valence electrons. The largest absolute Gasteiger partial charge is 0.312 e. The van der Waals surface area contributed by atoms with Crippen molar-refractivity contribution in [2.24, 2.45) is 0 Å². The molecule has 0 aliphatic heterocycles. The monoisotopic (exact) mass is 153 g/mol. The van der Waals surface area contributed by atoms with Gasteiger partial charge in [0.1, 0.15) is 0 Å². The summed E-state index contributed by atoms with van der Waals surface area (Å²) in [6.45, 7) is 11.1. The molecule has 0 aromatic heterocycles. The lowest BCUT2D eigenvalue weighted by molar-refractivity contribution is 0.431. The molecule has 0 spiro atoms. The van der Waals surface area contributed by atoms with E-state index >= 15 is 0 Å². The van der Waals surface area contributed by atoms with Gasteiger partial charge in [-0.25, -0.2) is 0 Å². The van der Waals surface area contributed by atoms with Gasteiger partial charge in [-0.3, -0.25) is 0 Å². The van der Waals surface area contributed by atoms with Gasteiger partial charge in [0.25, 0.3) is 0 Å². The van der Waals surface area contributed by atoms with Crippen LogP contribution >= 0.6 is 0 Å². The Hall–Kier alpha value is -0.560. The summed E-state index contributed by atoms with van der Waals surface area (Å²) >= 11 is 0. The highest BCUT2D eigenvalue weighted by atomic mass is 14.9. The van der Waals surface area contributed by atoms with E-state index in [0.717, 1.165) is 13.0 Å². The summed E-state index contributed by atoms with van der Waals surface area (Å²) in [7, 11) is 0. The van der Waals surface area contributed by atoms with Crippen LogP contribution in [0, 0.1) is 0 Å². The fourth-order valence-electron chi connectivity index (χ4n) is 0.723. The second-order valence-corrected chi connectivity index (χ2v) is 3.63. The average Bonchev–Trinajstić information content (AvgIpc) is 1.85. The quantitative estimate of drug-likeness (QED) is 0.483. The zero-order valence-corrected chi connectivity index (χ0v) is 7.85. The maximum absolute atomic E-state index is 3.60. The summed E-state index contributed by atoms with van der Waals surface area (Å²) < 4.78 is 0. The highest BCUT2D eigenvalue weighted by Gasteiger charge is 2.05. The van der Waals surface area contributed by atoms with Crippen molar-refractivity contribution in [3.8, 4) is 0 Å². The van der Waals surface area contributed by atoms with Crippen molar-refractivity contribution in [2.45, 2.75) is 32.7 Å². The molecule has 0 aromatic carbocycles. The molecule has 1 heteroatoms.